The van der Waals surface area contributed by atoms with Crippen molar-refractivity contribution >= 4 is 23.1 Å². The van der Waals surface area contributed by atoms with E-state index in [1.54, 1.807) is 18.3 Å². The Morgan fingerprint density at radius 2 is 2.12 bits per heavy atom. The van der Waals surface area contributed by atoms with E-state index in [9.17, 15) is 14.9 Å². The molecule has 1 N–H and O–H groups in total. The number of nitro groups is 1. The predicted molar refractivity (Wildman–Crippen MR) is 93.5 cm³/mol. The first-order valence-corrected chi connectivity index (χ1v) is 8.21. The molecule has 0 radical (unpaired) electrons. The molecule has 1 aliphatic rings. The minimum Gasteiger partial charge on any atom is -0.355 e. The maximum absolute atomic E-state index is 12.3. The van der Waals surface area contributed by atoms with Crippen LogP contribution in [0.25, 0.3) is 0 Å². The molecule has 0 atom stereocenters. The molecule has 0 bridgehead atoms. The number of rotatable bonds is 6. The highest BCUT2D eigenvalue weighted by Crippen LogP contribution is 2.25. The predicted octanol–water partition coefficient (Wildman–Crippen LogP) is 2.56. The summed E-state index contributed by atoms with van der Waals surface area (Å²) in [6.07, 6.45) is 5.97. The van der Waals surface area contributed by atoms with Gasteiger partial charge in [0, 0.05) is 31.6 Å². The van der Waals surface area contributed by atoms with Crippen LogP contribution in [-0.4, -0.2) is 33.9 Å². The zero-order valence-corrected chi connectivity index (χ0v) is 13.7. The normalized spacial score (nSPS) is 13.7. The van der Waals surface area contributed by atoms with E-state index in [1.807, 2.05) is 0 Å². The third-order valence-electron chi connectivity index (χ3n) is 4.13. The number of hydrogen-bond donors (Lipinski definition) is 1. The van der Waals surface area contributed by atoms with Gasteiger partial charge in [0.1, 0.15) is 12.0 Å². The number of aryl methyl sites for hydroxylation is 1. The van der Waals surface area contributed by atoms with Crippen LogP contribution < -0.4 is 10.2 Å². The molecule has 2 heterocycles. The summed E-state index contributed by atoms with van der Waals surface area (Å²) < 4.78 is 0. The Balaban J connectivity index is 1.61. The van der Waals surface area contributed by atoms with Gasteiger partial charge < -0.3 is 10.2 Å². The molecule has 1 saturated heterocycles. The summed E-state index contributed by atoms with van der Waals surface area (Å²) in [6, 6.07) is 6.34. The fourth-order valence-corrected chi connectivity index (χ4v) is 2.89. The second-order valence-corrected chi connectivity index (χ2v) is 5.93. The lowest BCUT2D eigenvalue weighted by Gasteiger charge is -2.19. The molecule has 8 heteroatoms. The number of carbonyl (C=O) groups is 1. The molecule has 0 saturated carbocycles. The summed E-state index contributed by atoms with van der Waals surface area (Å²) in [7, 11) is 0. The first-order chi connectivity index (χ1) is 12.1. The van der Waals surface area contributed by atoms with Crippen molar-refractivity contribution in [3.63, 3.8) is 0 Å². The van der Waals surface area contributed by atoms with Gasteiger partial charge in [-0.05, 0) is 24.8 Å². The summed E-state index contributed by atoms with van der Waals surface area (Å²) in [5.74, 6) is 0.581. The third-order valence-corrected chi connectivity index (χ3v) is 4.13. The van der Waals surface area contributed by atoms with Crippen molar-refractivity contribution in [2.45, 2.75) is 25.7 Å². The number of benzene rings is 1. The molecule has 2 aromatic rings. The highest BCUT2D eigenvalue weighted by Gasteiger charge is 2.18. The molecule has 0 unspecified atom stereocenters. The van der Waals surface area contributed by atoms with Crippen LogP contribution in [0.2, 0.25) is 0 Å². The molecule has 1 aliphatic heterocycles. The number of aromatic nitrogens is 2. The van der Waals surface area contributed by atoms with Crippen molar-refractivity contribution in [3.05, 3.63) is 52.5 Å². The van der Waals surface area contributed by atoms with Gasteiger partial charge in [-0.2, -0.15) is 0 Å². The quantitative estimate of drug-likeness (QED) is 0.640. The van der Waals surface area contributed by atoms with E-state index in [-0.39, 0.29) is 18.0 Å². The van der Waals surface area contributed by atoms with Crippen molar-refractivity contribution in [3.8, 4) is 0 Å². The van der Waals surface area contributed by atoms with Crippen LogP contribution in [0.3, 0.4) is 0 Å². The van der Waals surface area contributed by atoms with E-state index >= 15 is 0 Å². The molecule has 0 aliphatic carbocycles. The molecule has 1 aromatic carbocycles. The average Bonchev–Trinajstić information content (AvgIpc) is 3.15. The lowest BCUT2D eigenvalue weighted by Crippen LogP contribution is -2.22. The van der Waals surface area contributed by atoms with E-state index in [0.29, 0.717) is 12.1 Å². The molecule has 1 aromatic heterocycles. The highest BCUT2D eigenvalue weighted by molar-refractivity contribution is 5.93. The second-order valence-electron chi connectivity index (χ2n) is 5.93. The van der Waals surface area contributed by atoms with Gasteiger partial charge in [0.25, 0.3) is 5.69 Å². The smallest absolute Gasteiger partial charge is 0.269 e. The van der Waals surface area contributed by atoms with Gasteiger partial charge in [0.05, 0.1) is 11.1 Å². The first kappa shape index (κ1) is 16.8. The molecule has 3 rings (SSSR count). The number of anilines is 2. The van der Waals surface area contributed by atoms with Gasteiger partial charge in [-0.1, -0.05) is 12.1 Å². The lowest BCUT2D eigenvalue weighted by atomic mass is 10.1. The third kappa shape index (κ3) is 4.28. The van der Waals surface area contributed by atoms with E-state index in [1.165, 1.54) is 18.5 Å². The Morgan fingerprint density at radius 1 is 1.32 bits per heavy atom. The van der Waals surface area contributed by atoms with Gasteiger partial charge in [0.2, 0.25) is 5.91 Å². The van der Waals surface area contributed by atoms with Crippen LogP contribution in [0.4, 0.5) is 17.2 Å². The maximum atomic E-state index is 12.3. The van der Waals surface area contributed by atoms with Gasteiger partial charge >= 0.3 is 0 Å². The van der Waals surface area contributed by atoms with Crippen LogP contribution in [-0.2, 0) is 11.2 Å². The largest absolute Gasteiger partial charge is 0.355 e. The van der Waals surface area contributed by atoms with Crippen molar-refractivity contribution in [1.29, 1.82) is 0 Å². The number of nitro benzene ring substituents is 1. The van der Waals surface area contributed by atoms with E-state index < -0.39 is 4.92 Å². The zero-order valence-electron chi connectivity index (χ0n) is 13.7. The minimum atomic E-state index is -0.437. The standard InChI is InChI=1S/C17H19N5O3/c23-16(7-6-13-4-3-5-14(10-13)22(24)25)20-15-11-18-12-19-17(15)21-8-1-2-9-21/h3-5,10-12H,1-2,6-9H2,(H,20,23). The van der Waals surface area contributed by atoms with Gasteiger partial charge in [0.15, 0.2) is 5.82 Å². The zero-order chi connectivity index (χ0) is 17.6. The monoisotopic (exact) mass is 341 g/mol. The number of carbonyl (C=O) groups excluding carboxylic acids is 1. The molecular weight excluding hydrogens is 322 g/mol. The van der Waals surface area contributed by atoms with Gasteiger partial charge in [-0.15, -0.1) is 0 Å². The summed E-state index contributed by atoms with van der Waals surface area (Å²) in [5.41, 5.74) is 1.40. The Bertz CT molecular complexity index is 774. The highest BCUT2D eigenvalue weighted by atomic mass is 16.6. The van der Waals surface area contributed by atoms with E-state index in [2.05, 4.69) is 20.2 Å². The second kappa shape index (κ2) is 7.69. The lowest BCUT2D eigenvalue weighted by molar-refractivity contribution is -0.384. The number of amides is 1. The number of non-ortho nitro benzene ring substituents is 1. The van der Waals surface area contributed by atoms with Gasteiger partial charge in [-0.3, -0.25) is 14.9 Å². The van der Waals surface area contributed by atoms with Crippen molar-refractivity contribution in [2.75, 3.05) is 23.3 Å². The van der Waals surface area contributed by atoms with Crippen LogP contribution >= 0.6 is 0 Å². The first-order valence-electron chi connectivity index (χ1n) is 8.21. The van der Waals surface area contributed by atoms with Crippen LogP contribution in [0.15, 0.2) is 36.8 Å². The van der Waals surface area contributed by atoms with Gasteiger partial charge in [-0.25, -0.2) is 9.97 Å². The molecule has 8 nitrogen and oxygen atoms in total. The Morgan fingerprint density at radius 3 is 2.88 bits per heavy atom. The van der Waals surface area contributed by atoms with Crippen molar-refractivity contribution < 1.29 is 9.72 Å². The van der Waals surface area contributed by atoms with Crippen LogP contribution in [0.1, 0.15) is 24.8 Å². The molecule has 25 heavy (non-hydrogen) atoms. The van der Waals surface area contributed by atoms with Crippen LogP contribution in [0, 0.1) is 10.1 Å². The summed E-state index contributed by atoms with van der Waals surface area (Å²) in [4.78, 5) is 33.0. The number of hydrogen-bond acceptors (Lipinski definition) is 6. The average molecular weight is 341 g/mol. The number of nitrogens with one attached hydrogen (secondary N) is 1. The summed E-state index contributed by atoms with van der Waals surface area (Å²) in [6.45, 7) is 1.85. The molecule has 1 fully saturated rings. The van der Waals surface area contributed by atoms with E-state index in [0.717, 1.165) is 37.3 Å². The van der Waals surface area contributed by atoms with E-state index in [4.69, 9.17) is 0 Å². The SMILES string of the molecule is O=C(CCc1cccc([N+](=O)[O-])c1)Nc1cncnc1N1CCCC1. The summed E-state index contributed by atoms with van der Waals surface area (Å²) in [5, 5.41) is 13.7. The Kier molecular flexibility index (Phi) is 5.17. The topological polar surface area (TPSA) is 101 Å². The fraction of sp³-hybridized carbons (Fsp3) is 0.353. The molecule has 1 amide bonds. The molecule has 130 valence electrons. The molecular formula is C17H19N5O3. The number of nitrogens with zero attached hydrogens (tertiary/aromatic N) is 4. The van der Waals surface area contributed by atoms with Crippen LogP contribution in [0.5, 0.6) is 0 Å². The molecule has 0 spiro atoms. The fourth-order valence-electron chi connectivity index (χ4n) is 2.89. The Hall–Kier alpha value is -3.03. The summed E-state index contributed by atoms with van der Waals surface area (Å²) >= 11 is 0. The van der Waals surface area contributed by atoms with Crippen molar-refractivity contribution in [2.24, 2.45) is 0 Å². The minimum absolute atomic E-state index is 0.0330. The van der Waals surface area contributed by atoms with Crippen molar-refractivity contribution in [1.82, 2.24) is 9.97 Å². The Labute approximate surface area is 145 Å². The maximum Gasteiger partial charge on any atom is 0.269 e.